The Balaban J connectivity index is 1.05. The van der Waals surface area contributed by atoms with Crippen LogP contribution in [0.1, 0.15) is 90.5 Å². The zero-order valence-corrected chi connectivity index (χ0v) is 36.6. The number of aliphatic carboxylic acids is 1. The fourth-order valence-electron chi connectivity index (χ4n) is 6.86. The van der Waals surface area contributed by atoms with Crippen molar-refractivity contribution in [3.05, 3.63) is 158 Å². The molecule has 0 aliphatic rings. The van der Waals surface area contributed by atoms with Crippen molar-refractivity contribution in [2.24, 2.45) is 5.73 Å². The molecule has 6 rings (SSSR count). The van der Waals surface area contributed by atoms with Crippen LogP contribution in [0.4, 0.5) is 0 Å². The third-order valence-electron chi connectivity index (χ3n) is 10.4. The number of hydrogen-bond donors (Lipinski definition) is 9. The number of benzene rings is 5. The number of phenolic OH excluding ortho intramolecular Hbond substituents is 2. The molecule has 5 amide bonds. The van der Waals surface area contributed by atoms with Crippen LogP contribution in [0.3, 0.4) is 0 Å². The van der Waals surface area contributed by atoms with E-state index in [1.165, 1.54) is 66.7 Å². The fourth-order valence-corrected chi connectivity index (χ4v) is 7.39. The number of amides is 5. The summed E-state index contributed by atoms with van der Waals surface area (Å²) in [5.41, 5.74) is 7.84. The maximum atomic E-state index is 13.3. The summed E-state index contributed by atoms with van der Waals surface area (Å²) >= 11 is 12.8. The van der Waals surface area contributed by atoms with E-state index in [-0.39, 0.29) is 50.2 Å². The Labute approximate surface area is 386 Å². The van der Waals surface area contributed by atoms with Gasteiger partial charge in [0.1, 0.15) is 17.8 Å². The van der Waals surface area contributed by atoms with Gasteiger partial charge in [0.25, 0.3) is 23.6 Å². The standard InChI is InChI=1S/C47H42Cl2N6O11/c1-23(25-6-5-7-30(56)16-25)52-42(59)27-11-14-33(35(49)18-27)45(62)55-38(21-41(50)58)47(65)66-40-15-12-26(20-39(40)57)24(2)53-43(60)28-10-13-32(34(48)17-28)44(61)54-37(46(63)64)19-29-22-51-36-9-4-3-8-31(29)36/h3-18,20,22-24,37-38,51,56-57H,19,21H2,1-2H3,(H2,50,58)(H,52,59)(H,53,60)(H,54,61)(H,55,62)(H,63,64)/t23?,24?,37-,38?/m0/s1. The Morgan fingerprint density at radius 3 is 1.79 bits per heavy atom. The van der Waals surface area contributed by atoms with Crippen LogP contribution < -0.4 is 31.7 Å². The molecular weight excluding hydrogens is 895 g/mol. The number of phenols is 2. The smallest absolute Gasteiger partial charge is 0.334 e. The molecule has 0 aliphatic heterocycles. The molecule has 0 aliphatic carbocycles. The van der Waals surface area contributed by atoms with Crippen molar-refractivity contribution in [2.45, 2.75) is 50.9 Å². The minimum Gasteiger partial charge on any atom is -0.508 e. The van der Waals surface area contributed by atoms with Crippen LogP contribution >= 0.6 is 23.2 Å². The molecular formula is C47H42Cl2N6O11. The molecule has 0 saturated carbocycles. The van der Waals surface area contributed by atoms with E-state index >= 15 is 0 Å². The van der Waals surface area contributed by atoms with Crippen LogP contribution in [0, 0.1) is 0 Å². The number of aromatic hydroxyl groups is 2. The highest BCUT2D eigenvalue weighted by molar-refractivity contribution is 6.34. The first-order chi connectivity index (χ1) is 31.4. The monoisotopic (exact) mass is 936 g/mol. The van der Waals surface area contributed by atoms with Crippen molar-refractivity contribution in [3.8, 4) is 17.2 Å². The van der Waals surface area contributed by atoms with E-state index in [0.717, 1.165) is 10.9 Å². The van der Waals surface area contributed by atoms with Crippen molar-refractivity contribution < 1.29 is 53.6 Å². The van der Waals surface area contributed by atoms with E-state index in [4.69, 9.17) is 33.7 Å². The number of carboxylic acid groups (broad SMARTS) is 1. The van der Waals surface area contributed by atoms with Crippen LogP contribution in [0.5, 0.6) is 17.2 Å². The summed E-state index contributed by atoms with van der Waals surface area (Å²) < 4.78 is 5.33. The molecule has 1 heterocycles. The van der Waals surface area contributed by atoms with E-state index in [1.54, 1.807) is 32.2 Å². The highest BCUT2D eigenvalue weighted by Gasteiger charge is 2.29. The van der Waals surface area contributed by atoms with Gasteiger partial charge in [0, 0.05) is 34.6 Å². The zero-order chi connectivity index (χ0) is 47.8. The van der Waals surface area contributed by atoms with Gasteiger partial charge in [-0.3, -0.25) is 24.0 Å². The van der Waals surface area contributed by atoms with E-state index in [0.29, 0.717) is 16.7 Å². The van der Waals surface area contributed by atoms with Crippen molar-refractivity contribution in [3.63, 3.8) is 0 Å². The number of halogens is 2. The summed E-state index contributed by atoms with van der Waals surface area (Å²) in [5, 5.41) is 41.3. The molecule has 66 heavy (non-hydrogen) atoms. The lowest BCUT2D eigenvalue weighted by molar-refractivity contribution is -0.139. The summed E-state index contributed by atoms with van der Waals surface area (Å²) in [6.45, 7) is 3.31. The van der Waals surface area contributed by atoms with Gasteiger partial charge in [-0.15, -0.1) is 0 Å². The summed E-state index contributed by atoms with van der Waals surface area (Å²) in [4.78, 5) is 92.9. The van der Waals surface area contributed by atoms with Crippen LogP contribution in [0.15, 0.2) is 109 Å². The Hall–Kier alpha value is -7.89. The van der Waals surface area contributed by atoms with Gasteiger partial charge in [-0.05, 0) is 97.3 Å². The van der Waals surface area contributed by atoms with Gasteiger partial charge in [-0.1, -0.05) is 59.6 Å². The van der Waals surface area contributed by atoms with Gasteiger partial charge in [-0.25, -0.2) is 9.59 Å². The lowest BCUT2D eigenvalue weighted by atomic mass is 10.0. The number of carbonyl (C=O) groups excluding carboxylic acids is 6. The lowest BCUT2D eigenvalue weighted by Crippen LogP contribution is -2.45. The average Bonchev–Trinajstić information content (AvgIpc) is 3.68. The van der Waals surface area contributed by atoms with E-state index in [9.17, 15) is 48.9 Å². The molecule has 19 heteroatoms. The second-order valence-corrected chi connectivity index (χ2v) is 16.0. The number of carboxylic acids is 1. The molecule has 17 nitrogen and oxygen atoms in total. The first kappa shape index (κ1) is 47.6. The van der Waals surface area contributed by atoms with Crippen LogP contribution in [0.2, 0.25) is 10.0 Å². The topological polar surface area (TPSA) is 279 Å². The van der Waals surface area contributed by atoms with Crippen LogP contribution in [-0.4, -0.2) is 73.9 Å². The fraction of sp³-hybridized carbons (Fsp3) is 0.170. The number of aromatic amines is 1. The Morgan fingerprint density at radius 2 is 1.24 bits per heavy atom. The van der Waals surface area contributed by atoms with E-state index in [2.05, 4.69) is 26.3 Å². The van der Waals surface area contributed by atoms with E-state index < -0.39 is 77.8 Å². The molecule has 5 aromatic carbocycles. The van der Waals surface area contributed by atoms with Gasteiger partial charge in [0.05, 0.1) is 39.7 Å². The summed E-state index contributed by atoms with van der Waals surface area (Å²) in [6, 6.07) is 21.1. The first-order valence-electron chi connectivity index (χ1n) is 20.1. The molecule has 3 unspecified atom stereocenters. The second-order valence-electron chi connectivity index (χ2n) is 15.1. The van der Waals surface area contributed by atoms with Crippen molar-refractivity contribution in [2.75, 3.05) is 0 Å². The van der Waals surface area contributed by atoms with Crippen molar-refractivity contribution in [1.82, 2.24) is 26.3 Å². The number of primary amides is 1. The number of fused-ring (bicyclic) bond motifs is 1. The zero-order valence-electron chi connectivity index (χ0n) is 35.1. The maximum absolute atomic E-state index is 13.3. The van der Waals surface area contributed by atoms with Crippen molar-refractivity contribution in [1.29, 1.82) is 0 Å². The molecule has 0 spiro atoms. The number of para-hydroxylation sites is 1. The number of nitrogens with one attached hydrogen (secondary N) is 5. The molecule has 0 radical (unpaired) electrons. The predicted molar refractivity (Wildman–Crippen MR) is 242 cm³/mol. The van der Waals surface area contributed by atoms with Gasteiger partial charge >= 0.3 is 11.9 Å². The van der Waals surface area contributed by atoms with Gasteiger partial charge in [0.2, 0.25) is 5.91 Å². The number of esters is 1. The Bertz CT molecular complexity index is 2880. The molecule has 10 N–H and O–H groups in total. The number of H-pyrrole nitrogens is 1. The summed E-state index contributed by atoms with van der Waals surface area (Å²) in [6.07, 6.45) is 0.985. The SMILES string of the molecule is CC(NC(=O)c1ccc(C(=O)NC(CC(N)=O)C(=O)Oc2ccc(C(C)NC(=O)c3ccc(C(=O)N[C@@H](Cc4c[nH]c5ccccc45)C(=O)O)c(Cl)c3)cc2O)c(Cl)c1)c1cccc(O)c1. The quantitative estimate of drug-likeness (QED) is 0.0385. The number of nitrogens with two attached hydrogens (primary N) is 1. The minimum absolute atomic E-state index is 0.00460. The van der Waals surface area contributed by atoms with Gasteiger partial charge < -0.3 is 52.0 Å². The highest BCUT2D eigenvalue weighted by atomic mass is 35.5. The molecule has 0 fully saturated rings. The minimum atomic E-state index is -1.64. The number of carbonyl (C=O) groups is 7. The lowest BCUT2D eigenvalue weighted by Gasteiger charge is -2.19. The van der Waals surface area contributed by atoms with Gasteiger partial charge in [0.15, 0.2) is 11.5 Å². The average molecular weight is 938 g/mol. The second kappa shape index (κ2) is 20.7. The Kier molecular flexibility index (Phi) is 15.0. The van der Waals surface area contributed by atoms with Crippen LogP contribution in [-0.2, 0) is 20.8 Å². The highest BCUT2D eigenvalue weighted by Crippen LogP contribution is 2.31. The number of ether oxygens (including phenoxy) is 1. The molecule has 0 saturated heterocycles. The maximum Gasteiger partial charge on any atom is 0.334 e. The first-order valence-corrected chi connectivity index (χ1v) is 20.9. The summed E-state index contributed by atoms with van der Waals surface area (Å²) in [5.74, 6) is -7.06. The third kappa shape index (κ3) is 11.6. The number of aromatic nitrogens is 1. The van der Waals surface area contributed by atoms with Gasteiger partial charge in [-0.2, -0.15) is 0 Å². The molecule has 340 valence electrons. The predicted octanol–water partition coefficient (Wildman–Crippen LogP) is 5.87. The largest absolute Gasteiger partial charge is 0.508 e. The summed E-state index contributed by atoms with van der Waals surface area (Å²) in [7, 11) is 0. The molecule has 4 atom stereocenters. The Morgan fingerprint density at radius 1 is 0.667 bits per heavy atom. The van der Waals surface area contributed by atoms with Crippen LogP contribution in [0.25, 0.3) is 10.9 Å². The molecule has 1 aromatic heterocycles. The van der Waals surface area contributed by atoms with Crippen molar-refractivity contribution >= 4 is 75.6 Å². The van der Waals surface area contributed by atoms with E-state index in [1.807, 2.05) is 24.3 Å². The molecule has 0 bridgehead atoms. The normalized spacial score (nSPS) is 12.8. The molecule has 6 aromatic rings. The number of rotatable bonds is 17. The third-order valence-corrected chi connectivity index (χ3v) is 11.0. The number of hydrogen-bond acceptors (Lipinski definition) is 10.